The number of thiophene rings is 1. The average molecular weight is 306 g/mol. The minimum absolute atomic E-state index is 0.476. The molecule has 0 fully saturated rings. The second-order valence-corrected chi connectivity index (χ2v) is 7.01. The summed E-state index contributed by atoms with van der Waals surface area (Å²) < 4.78 is 5.93. The minimum atomic E-state index is 0.476. The van der Waals surface area contributed by atoms with E-state index in [4.69, 9.17) is 4.42 Å². The van der Waals surface area contributed by atoms with Crippen molar-refractivity contribution in [2.45, 2.75) is 59.4 Å². The molecule has 0 saturated carbocycles. The maximum Gasteiger partial charge on any atom is 0.118 e. The number of nitrogens with one attached hydrogen (secondary N) is 1. The van der Waals surface area contributed by atoms with E-state index in [2.05, 4.69) is 67.6 Å². The first kappa shape index (κ1) is 16.3. The first-order chi connectivity index (χ1) is 10.0. The quantitative estimate of drug-likeness (QED) is 0.790. The lowest BCUT2D eigenvalue weighted by atomic mass is 10.2. The maximum absolute atomic E-state index is 5.93. The summed E-state index contributed by atoms with van der Waals surface area (Å²) in [7, 11) is 0. The van der Waals surface area contributed by atoms with Crippen LogP contribution in [0.4, 0.5) is 0 Å². The molecule has 0 aliphatic heterocycles. The van der Waals surface area contributed by atoms with Crippen molar-refractivity contribution in [3.8, 4) is 0 Å². The van der Waals surface area contributed by atoms with E-state index in [1.54, 1.807) is 0 Å². The number of hydrogen-bond donors (Lipinski definition) is 1. The molecule has 3 nitrogen and oxygen atoms in total. The molecule has 2 aromatic heterocycles. The first-order valence-corrected chi connectivity index (χ1v) is 8.50. The van der Waals surface area contributed by atoms with Gasteiger partial charge in [-0.3, -0.25) is 4.90 Å². The van der Waals surface area contributed by atoms with Gasteiger partial charge in [-0.1, -0.05) is 19.9 Å². The van der Waals surface area contributed by atoms with Crippen LogP contribution in [0.15, 0.2) is 34.1 Å². The fraction of sp³-hybridized carbons (Fsp3) is 0.529. The Labute approximate surface area is 132 Å². The molecular formula is C17H26N2OS. The third-order valence-corrected chi connectivity index (χ3v) is 4.29. The van der Waals surface area contributed by atoms with Crippen LogP contribution in [-0.4, -0.2) is 17.0 Å². The molecular weight excluding hydrogens is 280 g/mol. The first-order valence-electron chi connectivity index (χ1n) is 7.62. The van der Waals surface area contributed by atoms with Crippen molar-refractivity contribution in [3.05, 3.63) is 46.0 Å². The molecule has 0 radical (unpaired) electrons. The summed E-state index contributed by atoms with van der Waals surface area (Å²) in [5.41, 5.74) is 0. The van der Waals surface area contributed by atoms with Crippen LogP contribution in [0.5, 0.6) is 0 Å². The van der Waals surface area contributed by atoms with Gasteiger partial charge in [0.2, 0.25) is 0 Å². The summed E-state index contributed by atoms with van der Waals surface area (Å²) >= 11 is 1.81. The van der Waals surface area contributed by atoms with Gasteiger partial charge in [0.15, 0.2) is 0 Å². The number of nitrogens with zero attached hydrogens (tertiary/aromatic N) is 1. The zero-order valence-corrected chi connectivity index (χ0v) is 14.2. The molecule has 0 aliphatic rings. The SMILES string of the molecule is CC(C)NCc1ccc(CN(Cc2cccs2)C(C)C)o1. The van der Waals surface area contributed by atoms with E-state index in [9.17, 15) is 0 Å². The van der Waals surface area contributed by atoms with Crippen molar-refractivity contribution in [2.24, 2.45) is 0 Å². The Morgan fingerprint density at radius 2 is 1.86 bits per heavy atom. The highest BCUT2D eigenvalue weighted by Crippen LogP contribution is 2.18. The predicted molar refractivity (Wildman–Crippen MR) is 89.4 cm³/mol. The summed E-state index contributed by atoms with van der Waals surface area (Å²) in [5.74, 6) is 2.05. The van der Waals surface area contributed by atoms with Crippen LogP contribution in [0, 0.1) is 0 Å². The van der Waals surface area contributed by atoms with Crippen molar-refractivity contribution in [2.75, 3.05) is 0 Å². The zero-order valence-electron chi connectivity index (χ0n) is 13.4. The highest BCUT2D eigenvalue weighted by molar-refractivity contribution is 7.09. The van der Waals surface area contributed by atoms with Gasteiger partial charge in [-0.15, -0.1) is 11.3 Å². The lowest BCUT2D eigenvalue weighted by molar-refractivity contribution is 0.187. The van der Waals surface area contributed by atoms with Crippen LogP contribution in [0.2, 0.25) is 0 Å². The Balaban J connectivity index is 1.94. The van der Waals surface area contributed by atoms with Gasteiger partial charge in [-0.05, 0) is 37.4 Å². The van der Waals surface area contributed by atoms with Crippen LogP contribution < -0.4 is 5.32 Å². The molecule has 116 valence electrons. The van der Waals surface area contributed by atoms with E-state index in [1.165, 1.54) is 4.88 Å². The number of rotatable bonds is 8. The summed E-state index contributed by atoms with van der Waals surface area (Å²) in [6.07, 6.45) is 0. The van der Waals surface area contributed by atoms with Crippen LogP contribution in [0.3, 0.4) is 0 Å². The molecule has 2 heterocycles. The highest BCUT2D eigenvalue weighted by Gasteiger charge is 2.14. The second kappa shape index (κ2) is 7.78. The largest absolute Gasteiger partial charge is 0.463 e. The Bertz CT molecular complexity index is 517. The molecule has 0 aromatic carbocycles. The Morgan fingerprint density at radius 1 is 1.10 bits per heavy atom. The maximum atomic E-state index is 5.93. The standard InChI is InChI=1S/C17H26N2OS/c1-13(2)18-10-15-7-8-16(20-15)11-19(14(3)4)12-17-6-5-9-21-17/h5-9,13-14,18H,10-12H2,1-4H3. The third kappa shape index (κ3) is 5.30. The minimum Gasteiger partial charge on any atom is -0.463 e. The lowest BCUT2D eigenvalue weighted by Gasteiger charge is -2.24. The van der Waals surface area contributed by atoms with Gasteiger partial charge in [0.25, 0.3) is 0 Å². The van der Waals surface area contributed by atoms with E-state index in [0.717, 1.165) is 31.2 Å². The number of furan rings is 1. The van der Waals surface area contributed by atoms with Crippen LogP contribution in [-0.2, 0) is 19.6 Å². The summed E-state index contributed by atoms with van der Waals surface area (Å²) in [4.78, 5) is 3.83. The van der Waals surface area contributed by atoms with E-state index < -0.39 is 0 Å². The normalized spacial score (nSPS) is 12.0. The van der Waals surface area contributed by atoms with Gasteiger partial charge in [0.1, 0.15) is 11.5 Å². The van der Waals surface area contributed by atoms with E-state index in [0.29, 0.717) is 12.1 Å². The van der Waals surface area contributed by atoms with E-state index >= 15 is 0 Å². The van der Waals surface area contributed by atoms with Gasteiger partial charge in [-0.2, -0.15) is 0 Å². The highest BCUT2D eigenvalue weighted by atomic mass is 32.1. The third-order valence-electron chi connectivity index (χ3n) is 3.43. The van der Waals surface area contributed by atoms with Crippen molar-refractivity contribution < 1.29 is 4.42 Å². The monoisotopic (exact) mass is 306 g/mol. The van der Waals surface area contributed by atoms with Crippen molar-refractivity contribution in [3.63, 3.8) is 0 Å². The molecule has 4 heteroatoms. The molecule has 21 heavy (non-hydrogen) atoms. The zero-order chi connectivity index (χ0) is 15.2. The predicted octanol–water partition coefficient (Wildman–Crippen LogP) is 4.25. The smallest absolute Gasteiger partial charge is 0.118 e. The average Bonchev–Trinajstić information content (AvgIpc) is 3.07. The molecule has 0 amide bonds. The second-order valence-electron chi connectivity index (χ2n) is 5.98. The molecule has 0 unspecified atom stereocenters. The van der Waals surface area contributed by atoms with Gasteiger partial charge in [-0.25, -0.2) is 0 Å². The lowest BCUT2D eigenvalue weighted by Crippen LogP contribution is -2.29. The molecule has 0 aliphatic carbocycles. The van der Waals surface area contributed by atoms with Crippen LogP contribution >= 0.6 is 11.3 Å². The molecule has 0 spiro atoms. The van der Waals surface area contributed by atoms with Crippen LogP contribution in [0.25, 0.3) is 0 Å². The van der Waals surface area contributed by atoms with E-state index in [-0.39, 0.29) is 0 Å². The summed E-state index contributed by atoms with van der Waals surface area (Å²) in [5, 5.41) is 5.52. The molecule has 2 rings (SSSR count). The molecule has 0 bridgehead atoms. The van der Waals surface area contributed by atoms with E-state index in [1.807, 2.05) is 11.3 Å². The fourth-order valence-electron chi connectivity index (χ4n) is 2.13. The number of hydrogen-bond acceptors (Lipinski definition) is 4. The van der Waals surface area contributed by atoms with Gasteiger partial charge in [0, 0.05) is 23.5 Å². The summed E-state index contributed by atoms with van der Waals surface area (Å²) in [6, 6.07) is 9.45. The topological polar surface area (TPSA) is 28.4 Å². The Morgan fingerprint density at radius 3 is 2.48 bits per heavy atom. The van der Waals surface area contributed by atoms with Crippen LogP contribution in [0.1, 0.15) is 44.1 Å². The molecule has 0 atom stereocenters. The van der Waals surface area contributed by atoms with Crippen molar-refractivity contribution >= 4 is 11.3 Å². The van der Waals surface area contributed by atoms with Gasteiger partial charge in [0.05, 0.1) is 13.1 Å². The van der Waals surface area contributed by atoms with Gasteiger partial charge >= 0.3 is 0 Å². The van der Waals surface area contributed by atoms with Gasteiger partial charge < -0.3 is 9.73 Å². The summed E-state index contributed by atoms with van der Waals surface area (Å²) in [6.45, 7) is 11.4. The molecule has 0 saturated heterocycles. The Hall–Kier alpha value is -1.10. The van der Waals surface area contributed by atoms with Crippen molar-refractivity contribution in [1.29, 1.82) is 0 Å². The molecule has 1 N–H and O–H groups in total. The fourth-order valence-corrected chi connectivity index (χ4v) is 2.86. The van der Waals surface area contributed by atoms with Crippen molar-refractivity contribution in [1.82, 2.24) is 10.2 Å². The molecule has 2 aromatic rings. The Kier molecular flexibility index (Phi) is 6.03.